The van der Waals surface area contributed by atoms with Crippen molar-refractivity contribution in [1.82, 2.24) is 4.98 Å². The number of esters is 1. The summed E-state index contributed by atoms with van der Waals surface area (Å²) in [5.41, 5.74) is 1.60. The third kappa shape index (κ3) is 3.10. The molecule has 0 spiro atoms. The lowest BCUT2D eigenvalue weighted by Crippen LogP contribution is -2.17. The number of hydrogen-bond donors (Lipinski definition) is 0. The lowest BCUT2D eigenvalue weighted by Gasteiger charge is -2.11. The van der Waals surface area contributed by atoms with Crippen molar-refractivity contribution in [3.8, 4) is 5.75 Å². The molecule has 0 radical (unpaired) electrons. The maximum absolute atomic E-state index is 12.1. The molecule has 2 aromatic carbocycles. The van der Waals surface area contributed by atoms with Crippen LogP contribution in [-0.2, 0) is 16.1 Å². The molecule has 0 atom stereocenters. The molecule has 5 heteroatoms. The first-order valence-electron chi connectivity index (χ1n) is 7.38. The molecule has 0 fully saturated rings. The molecule has 0 unspecified atom stereocenters. The maximum atomic E-state index is 12.1. The Hall–Kier alpha value is -3.21. The molecule has 0 saturated carbocycles. The highest BCUT2D eigenvalue weighted by Gasteiger charge is 2.19. The highest BCUT2D eigenvalue weighted by Crippen LogP contribution is 2.27. The molecule has 120 valence electrons. The zero-order chi connectivity index (χ0) is 16.9. The number of methoxy groups -OCH3 is 1. The van der Waals surface area contributed by atoms with Gasteiger partial charge < -0.3 is 9.47 Å². The summed E-state index contributed by atoms with van der Waals surface area (Å²) in [5, 5.41) is 0.902. The lowest BCUT2D eigenvalue weighted by molar-refractivity contribution is -0.139. The van der Waals surface area contributed by atoms with Crippen molar-refractivity contribution in [2.24, 2.45) is 0 Å². The van der Waals surface area contributed by atoms with Crippen molar-refractivity contribution in [1.29, 1.82) is 0 Å². The number of nitrogens with zero attached hydrogens (tertiary/aromatic N) is 1. The molecule has 0 aliphatic rings. The first kappa shape index (κ1) is 15.7. The van der Waals surface area contributed by atoms with Gasteiger partial charge in [0.2, 0.25) is 0 Å². The van der Waals surface area contributed by atoms with Crippen molar-refractivity contribution in [2.75, 3.05) is 7.11 Å². The molecule has 0 bridgehead atoms. The van der Waals surface area contributed by atoms with Gasteiger partial charge in [-0.2, -0.15) is 0 Å². The molecule has 0 amide bonds. The van der Waals surface area contributed by atoms with Crippen molar-refractivity contribution in [3.63, 3.8) is 0 Å². The van der Waals surface area contributed by atoms with Crippen LogP contribution in [0, 0.1) is 0 Å². The fraction of sp³-hybridized carbons (Fsp3) is 0.105. The Labute approximate surface area is 138 Å². The van der Waals surface area contributed by atoms with E-state index < -0.39 is 11.8 Å². The summed E-state index contributed by atoms with van der Waals surface area (Å²) in [6, 6.07) is 15.7. The number of aromatic nitrogens is 1. The molecule has 0 aliphatic carbocycles. The Balaban J connectivity index is 1.83. The Bertz CT molecular complexity index is 890. The van der Waals surface area contributed by atoms with Crippen LogP contribution in [0.15, 0.2) is 60.8 Å². The molecule has 24 heavy (non-hydrogen) atoms. The van der Waals surface area contributed by atoms with Gasteiger partial charge in [-0.3, -0.25) is 9.78 Å². The van der Waals surface area contributed by atoms with E-state index in [-0.39, 0.29) is 6.61 Å². The number of ketones is 1. The summed E-state index contributed by atoms with van der Waals surface area (Å²) in [6.07, 6.45) is 1.65. The molecule has 0 N–H and O–H groups in total. The quantitative estimate of drug-likeness (QED) is 0.410. The number of rotatable bonds is 5. The van der Waals surface area contributed by atoms with E-state index in [1.807, 2.05) is 18.2 Å². The second-order valence-electron chi connectivity index (χ2n) is 5.09. The summed E-state index contributed by atoms with van der Waals surface area (Å²) in [6.45, 7) is -0.0884. The monoisotopic (exact) mass is 321 g/mol. The van der Waals surface area contributed by atoms with Gasteiger partial charge in [0.1, 0.15) is 12.4 Å². The number of fused-ring (bicyclic) bond motifs is 1. The number of benzene rings is 2. The maximum Gasteiger partial charge on any atom is 0.380 e. The number of hydrogen-bond acceptors (Lipinski definition) is 5. The fourth-order valence-electron chi connectivity index (χ4n) is 2.43. The van der Waals surface area contributed by atoms with Crippen LogP contribution in [0.25, 0.3) is 10.9 Å². The third-order valence-electron chi connectivity index (χ3n) is 3.63. The predicted octanol–water partition coefficient (Wildman–Crippen LogP) is 3.17. The van der Waals surface area contributed by atoms with E-state index >= 15 is 0 Å². The van der Waals surface area contributed by atoms with Crippen LogP contribution in [0.5, 0.6) is 5.75 Å². The number of Topliss-reactive ketones (excluding diaryl/α,β-unsaturated/α-hetero) is 1. The van der Waals surface area contributed by atoms with Gasteiger partial charge in [0.25, 0.3) is 5.78 Å². The molecule has 0 aliphatic heterocycles. The van der Waals surface area contributed by atoms with Gasteiger partial charge in [0, 0.05) is 17.1 Å². The largest absolute Gasteiger partial charge is 0.496 e. The van der Waals surface area contributed by atoms with E-state index in [0.717, 1.165) is 5.39 Å². The standard InChI is InChI=1S/C19H15NO4/c1-23-16-10-9-13-8-5-11-20-17(13)15(16)12-24-19(22)18(21)14-6-3-2-4-7-14/h2-11H,12H2,1H3. The van der Waals surface area contributed by atoms with E-state index in [4.69, 9.17) is 9.47 Å². The number of carbonyl (C=O) groups is 2. The van der Waals surface area contributed by atoms with Gasteiger partial charge in [0.15, 0.2) is 0 Å². The van der Waals surface area contributed by atoms with Gasteiger partial charge in [0.05, 0.1) is 18.2 Å². The van der Waals surface area contributed by atoms with Crippen molar-refractivity contribution < 1.29 is 19.1 Å². The second kappa shape index (κ2) is 6.91. The van der Waals surface area contributed by atoms with Gasteiger partial charge in [-0.15, -0.1) is 0 Å². The smallest absolute Gasteiger partial charge is 0.380 e. The summed E-state index contributed by atoms with van der Waals surface area (Å²) < 4.78 is 10.5. The van der Waals surface area contributed by atoms with E-state index in [1.54, 1.807) is 42.6 Å². The second-order valence-corrected chi connectivity index (χ2v) is 5.09. The van der Waals surface area contributed by atoms with E-state index in [1.165, 1.54) is 7.11 Å². The Morgan fingerprint density at radius 2 is 1.79 bits per heavy atom. The number of carbonyl (C=O) groups excluding carboxylic acids is 2. The summed E-state index contributed by atoms with van der Waals surface area (Å²) in [7, 11) is 1.53. The van der Waals surface area contributed by atoms with Crippen molar-refractivity contribution >= 4 is 22.7 Å². The normalized spacial score (nSPS) is 10.4. The molecule has 3 rings (SSSR count). The van der Waals surface area contributed by atoms with Crippen LogP contribution in [-0.4, -0.2) is 23.8 Å². The van der Waals surface area contributed by atoms with Crippen LogP contribution < -0.4 is 4.74 Å². The average Bonchev–Trinajstić information content (AvgIpc) is 2.65. The summed E-state index contributed by atoms with van der Waals surface area (Å²) in [5.74, 6) is -1.03. The molecule has 1 aromatic heterocycles. The fourth-order valence-corrected chi connectivity index (χ4v) is 2.43. The van der Waals surface area contributed by atoms with Gasteiger partial charge >= 0.3 is 5.97 Å². The Kier molecular flexibility index (Phi) is 4.52. The van der Waals surface area contributed by atoms with Crippen LogP contribution in [0.3, 0.4) is 0 Å². The minimum absolute atomic E-state index is 0.0884. The highest BCUT2D eigenvalue weighted by molar-refractivity contribution is 6.40. The van der Waals surface area contributed by atoms with Gasteiger partial charge in [-0.25, -0.2) is 4.79 Å². The van der Waals surface area contributed by atoms with Crippen LogP contribution >= 0.6 is 0 Å². The molecule has 3 aromatic rings. The van der Waals surface area contributed by atoms with E-state index in [9.17, 15) is 9.59 Å². The minimum atomic E-state index is -0.906. The molecule has 5 nitrogen and oxygen atoms in total. The topological polar surface area (TPSA) is 65.5 Å². The Morgan fingerprint density at radius 3 is 2.54 bits per heavy atom. The number of ether oxygens (including phenoxy) is 2. The highest BCUT2D eigenvalue weighted by atomic mass is 16.5. The molecular weight excluding hydrogens is 306 g/mol. The zero-order valence-electron chi connectivity index (χ0n) is 13.1. The lowest BCUT2D eigenvalue weighted by atomic mass is 10.1. The van der Waals surface area contributed by atoms with E-state index in [0.29, 0.717) is 22.4 Å². The Morgan fingerprint density at radius 1 is 1.00 bits per heavy atom. The first-order valence-corrected chi connectivity index (χ1v) is 7.38. The minimum Gasteiger partial charge on any atom is -0.496 e. The average molecular weight is 321 g/mol. The SMILES string of the molecule is COc1ccc2cccnc2c1COC(=O)C(=O)c1ccccc1. The summed E-state index contributed by atoms with van der Waals surface area (Å²) >= 11 is 0. The van der Waals surface area contributed by atoms with Crippen molar-refractivity contribution in [2.45, 2.75) is 6.61 Å². The molecule has 1 heterocycles. The first-order chi connectivity index (χ1) is 11.7. The third-order valence-corrected chi connectivity index (χ3v) is 3.63. The van der Waals surface area contributed by atoms with Crippen molar-refractivity contribution in [3.05, 3.63) is 71.9 Å². The van der Waals surface area contributed by atoms with Crippen LogP contribution in [0.4, 0.5) is 0 Å². The van der Waals surface area contributed by atoms with Crippen LogP contribution in [0.2, 0.25) is 0 Å². The van der Waals surface area contributed by atoms with Gasteiger partial charge in [-0.05, 0) is 18.2 Å². The van der Waals surface area contributed by atoms with Gasteiger partial charge in [-0.1, -0.05) is 36.4 Å². The molecule has 0 saturated heterocycles. The zero-order valence-corrected chi connectivity index (χ0v) is 13.1. The predicted molar refractivity (Wildman–Crippen MR) is 88.9 cm³/mol. The van der Waals surface area contributed by atoms with Crippen LogP contribution in [0.1, 0.15) is 15.9 Å². The van der Waals surface area contributed by atoms with E-state index in [2.05, 4.69) is 4.98 Å². The molecular formula is C19H15NO4. The number of pyridine rings is 1. The summed E-state index contributed by atoms with van der Waals surface area (Å²) in [4.78, 5) is 28.4.